The molecule has 0 fully saturated rings. The van der Waals surface area contributed by atoms with Crippen LogP contribution in [-0.2, 0) is 6.54 Å². The van der Waals surface area contributed by atoms with Crippen molar-refractivity contribution >= 4 is 28.8 Å². The minimum atomic E-state index is -0.136. The first-order valence-electron chi connectivity index (χ1n) is 5.52. The Balaban J connectivity index is 1.98. The van der Waals surface area contributed by atoms with Crippen molar-refractivity contribution in [2.75, 3.05) is 0 Å². The van der Waals surface area contributed by atoms with Gasteiger partial charge in [-0.15, -0.1) is 11.3 Å². The lowest BCUT2D eigenvalue weighted by molar-refractivity contribution is 0.0951. The van der Waals surface area contributed by atoms with E-state index in [1.54, 1.807) is 23.5 Å². The summed E-state index contributed by atoms with van der Waals surface area (Å²) in [6.07, 6.45) is 1.47. The van der Waals surface area contributed by atoms with E-state index in [4.69, 9.17) is 11.6 Å². The molecule has 3 nitrogen and oxygen atoms in total. The van der Waals surface area contributed by atoms with Crippen LogP contribution in [0.4, 0.5) is 0 Å². The van der Waals surface area contributed by atoms with Gasteiger partial charge in [0.2, 0.25) is 0 Å². The van der Waals surface area contributed by atoms with E-state index in [1.165, 1.54) is 16.6 Å². The summed E-state index contributed by atoms with van der Waals surface area (Å²) in [6.45, 7) is 4.69. The lowest BCUT2D eigenvalue weighted by Crippen LogP contribution is -2.22. The number of halogens is 1. The zero-order chi connectivity index (χ0) is 13.1. The van der Waals surface area contributed by atoms with Gasteiger partial charge in [-0.1, -0.05) is 11.6 Å². The van der Waals surface area contributed by atoms with Crippen LogP contribution >= 0.6 is 22.9 Å². The summed E-state index contributed by atoms with van der Waals surface area (Å²) in [5.74, 6) is -0.136. The predicted octanol–water partition coefficient (Wildman–Crippen LogP) is 3.34. The minimum Gasteiger partial charge on any atom is -0.347 e. The van der Waals surface area contributed by atoms with Gasteiger partial charge in [0.15, 0.2) is 0 Å². The Morgan fingerprint density at radius 2 is 2.22 bits per heavy atom. The third kappa shape index (κ3) is 3.09. The molecule has 5 heteroatoms. The van der Waals surface area contributed by atoms with Gasteiger partial charge in [0, 0.05) is 16.0 Å². The fourth-order valence-electron chi connectivity index (χ4n) is 1.52. The molecule has 0 aliphatic heterocycles. The summed E-state index contributed by atoms with van der Waals surface area (Å²) < 4.78 is 0. The van der Waals surface area contributed by atoms with E-state index < -0.39 is 0 Å². The molecule has 0 saturated heterocycles. The van der Waals surface area contributed by atoms with Gasteiger partial charge in [0.25, 0.3) is 5.91 Å². The van der Waals surface area contributed by atoms with Crippen LogP contribution in [0, 0.1) is 13.8 Å². The molecule has 0 aliphatic rings. The van der Waals surface area contributed by atoms with E-state index >= 15 is 0 Å². The first-order chi connectivity index (χ1) is 8.56. The number of nitrogens with zero attached hydrogens (tertiary/aromatic N) is 1. The minimum absolute atomic E-state index is 0.136. The number of rotatable bonds is 3. The lowest BCUT2D eigenvalue weighted by Gasteiger charge is -2.03. The SMILES string of the molecule is Cc1cc(CNC(=O)c2ccc(Cl)nc2)sc1C. The molecule has 2 aromatic rings. The van der Waals surface area contributed by atoms with E-state index in [1.807, 2.05) is 0 Å². The number of hydrogen-bond donors (Lipinski definition) is 1. The van der Waals surface area contributed by atoms with Crippen molar-refractivity contribution in [2.45, 2.75) is 20.4 Å². The molecule has 0 radical (unpaired) electrons. The Labute approximate surface area is 115 Å². The number of hydrogen-bond acceptors (Lipinski definition) is 3. The van der Waals surface area contributed by atoms with Crippen LogP contribution in [0.25, 0.3) is 0 Å². The fourth-order valence-corrected chi connectivity index (χ4v) is 2.62. The van der Waals surface area contributed by atoms with E-state index in [-0.39, 0.29) is 5.91 Å². The van der Waals surface area contributed by atoms with Crippen molar-refractivity contribution in [3.05, 3.63) is 50.4 Å². The molecule has 2 heterocycles. The summed E-state index contributed by atoms with van der Waals surface area (Å²) in [5.41, 5.74) is 1.78. The highest BCUT2D eigenvalue weighted by atomic mass is 35.5. The van der Waals surface area contributed by atoms with Gasteiger partial charge in [0.1, 0.15) is 5.15 Å². The van der Waals surface area contributed by atoms with Gasteiger partial charge < -0.3 is 5.32 Å². The summed E-state index contributed by atoms with van der Waals surface area (Å²) in [4.78, 5) is 18.1. The molecule has 0 bridgehead atoms. The highest BCUT2D eigenvalue weighted by Gasteiger charge is 2.07. The average Bonchev–Trinajstić information content (AvgIpc) is 2.67. The van der Waals surface area contributed by atoms with E-state index in [9.17, 15) is 4.79 Å². The topological polar surface area (TPSA) is 42.0 Å². The zero-order valence-corrected chi connectivity index (χ0v) is 11.7. The van der Waals surface area contributed by atoms with Gasteiger partial charge in [-0.25, -0.2) is 4.98 Å². The summed E-state index contributed by atoms with van der Waals surface area (Å²) >= 11 is 7.37. The Morgan fingerprint density at radius 3 is 2.78 bits per heavy atom. The maximum absolute atomic E-state index is 11.8. The van der Waals surface area contributed by atoms with Crippen LogP contribution in [0.1, 0.15) is 25.7 Å². The van der Waals surface area contributed by atoms with Crippen molar-refractivity contribution in [1.82, 2.24) is 10.3 Å². The first kappa shape index (κ1) is 13.1. The summed E-state index contributed by atoms with van der Waals surface area (Å²) in [7, 11) is 0. The molecule has 18 heavy (non-hydrogen) atoms. The summed E-state index contributed by atoms with van der Waals surface area (Å²) in [5, 5.41) is 3.25. The molecule has 2 aromatic heterocycles. The Morgan fingerprint density at radius 1 is 1.44 bits per heavy atom. The van der Waals surface area contributed by atoms with Gasteiger partial charge in [-0.2, -0.15) is 0 Å². The molecule has 1 amide bonds. The van der Waals surface area contributed by atoms with Crippen LogP contribution < -0.4 is 5.32 Å². The molecule has 94 valence electrons. The number of thiophene rings is 1. The maximum atomic E-state index is 11.8. The molecule has 0 atom stereocenters. The Bertz CT molecular complexity index is 543. The molecule has 0 aliphatic carbocycles. The van der Waals surface area contributed by atoms with Gasteiger partial charge in [0.05, 0.1) is 12.1 Å². The van der Waals surface area contributed by atoms with Crippen molar-refractivity contribution in [1.29, 1.82) is 0 Å². The number of carbonyl (C=O) groups is 1. The molecule has 2 rings (SSSR count). The standard InChI is InChI=1S/C13H13ClN2OS/c1-8-5-11(18-9(8)2)7-16-13(17)10-3-4-12(14)15-6-10/h3-6H,7H2,1-2H3,(H,16,17). The van der Waals surface area contributed by atoms with Crippen LogP contribution in [0.15, 0.2) is 24.4 Å². The van der Waals surface area contributed by atoms with Crippen LogP contribution in [0.3, 0.4) is 0 Å². The second kappa shape index (κ2) is 5.50. The quantitative estimate of drug-likeness (QED) is 0.876. The van der Waals surface area contributed by atoms with Gasteiger partial charge in [-0.3, -0.25) is 4.79 Å². The van der Waals surface area contributed by atoms with E-state index in [0.29, 0.717) is 17.3 Å². The van der Waals surface area contributed by atoms with Crippen LogP contribution in [0.2, 0.25) is 5.15 Å². The molecule has 0 spiro atoms. The number of nitrogens with one attached hydrogen (secondary N) is 1. The molecule has 0 saturated carbocycles. The maximum Gasteiger partial charge on any atom is 0.253 e. The average molecular weight is 281 g/mol. The highest BCUT2D eigenvalue weighted by molar-refractivity contribution is 7.12. The van der Waals surface area contributed by atoms with E-state index in [2.05, 4.69) is 30.2 Å². The smallest absolute Gasteiger partial charge is 0.253 e. The van der Waals surface area contributed by atoms with Crippen molar-refractivity contribution in [3.63, 3.8) is 0 Å². The molecular weight excluding hydrogens is 268 g/mol. The van der Waals surface area contributed by atoms with Crippen molar-refractivity contribution in [3.8, 4) is 0 Å². The zero-order valence-electron chi connectivity index (χ0n) is 10.2. The number of pyridine rings is 1. The largest absolute Gasteiger partial charge is 0.347 e. The van der Waals surface area contributed by atoms with Crippen molar-refractivity contribution < 1.29 is 4.79 Å². The normalized spacial score (nSPS) is 10.4. The molecule has 1 N–H and O–H groups in total. The third-order valence-electron chi connectivity index (χ3n) is 2.63. The Hall–Kier alpha value is -1.39. The number of carbonyl (C=O) groups excluding carboxylic acids is 1. The van der Waals surface area contributed by atoms with Crippen LogP contribution in [-0.4, -0.2) is 10.9 Å². The van der Waals surface area contributed by atoms with Gasteiger partial charge >= 0.3 is 0 Å². The predicted molar refractivity (Wildman–Crippen MR) is 74.2 cm³/mol. The second-order valence-electron chi connectivity index (χ2n) is 4.00. The highest BCUT2D eigenvalue weighted by Crippen LogP contribution is 2.20. The lowest BCUT2D eigenvalue weighted by atomic mass is 10.2. The van der Waals surface area contributed by atoms with Crippen LogP contribution in [0.5, 0.6) is 0 Å². The van der Waals surface area contributed by atoms with E-state index in [0.717, 1.165) is 4.88 Å². The number of amides is 1. The molecule has 0 aromatic carbocycles. The first-order valence-corrected chi connectivity index (χ1v) is 6.71. The second-order valence-corrected chi connectivity index (χ2v) is 5.73. The number of aromatic nitrogens is 1. The summed E-state index contributed by atoms with van der Waals surface area (Å²) in [6, 6.07) is 5.37. The number of aryl methyl sites for hydroxylation is 2. The Kier molecular flexibility index (Phi) is 3.99. The van der Waals surface area contributed by atoms with Gasteiger partial charge in [-0.05, 0) is 37.6 Å². The molecule has 0 unspecified atom stereocenters. The third-order valence-corrected chi connectivity index (χ3v) is 4.01. The fraction of sp³-hybridized carbons (Fsp3) is 0.231. The van der Waals surface area contributed by atoms with Crippen molar-refractivity contribution in [2.24, 2.45) is 0 Å². The monoisotopic (exact) mass is 280 g/mol. The molecular formula is C13H13ClN2OS.